The van der Waals surface area contributed by atoms with Gasteiger partial charge < -0.3 is 14.5 Å². The highest BCUT2D eigenvalue weighted by Crippen LogP contribution is 2.16. The molecule has 3 nitrogen and oxygen atoms in total. The maximum absolute atomic E-state index is 9.32. The minimum Gasteiger partial charge on any atom is -0.472 e. The van der Waals surface area contributed by atoms with Crippen molar-refractivity contribution >= 4 is 24.7 Å². The number of rotatable bonds is 4. The van der Waals surface area contributed by atoms with Crippen molar-refractivity contribution in [3.63, 3.8) is 0 Å². The fourth-order valence-corrected chi connectivity index (χ4v) is 1.84. The van der Waals surface area contributed by atoms with E-state index in [-0.39, 0.29) is 0 Å². The molecule has 0 radical (unpaired) electrons. The molecule has 2 rings (SSSR count). The van der Waals surface area contributed by atoms with E-state index in [0.717, 1.165) is 16.7 Å². The van der Waals surface area contributed by atoms with E-state index in [4.69, 9.17) is 4.42 Å². The van der Waals surface area contributed by atoms with Crippen molar-refractivity contribution in [3.05, 3.63) is 53.5 Å². The molecule has 0 fully saturated rings. The number of hydrogen-bond donors (Lipinski definition) is 2. The molecule has 19 heavy (non-hydrogen) atoms. The summed E-state index contributed by atoms with van der Waals surface area (Å²) in [5.41, 5.74) is 3.51. The lowest BCUT2D eigenvalue weighted by Crippen LogP contribution is -2.30. The van der Waals surface area contributed by atoms with E-state index in [1.54, 1.807) is 18.6 Å². The lowest BCUT2D eigenvalue weighted by Gasteiger charge is -2.10. The highest BCUT2D eigenvalue weighted by molar-refractivity contribution is 6.58. The Morgan fingerprint density at radius 1 is 1.11 bits per heavy atom. The Kier molecular flexibility index (Phi) is 4.25. The molecule has 1 aromatic carbocycles. The van der Waals surface area contributed by atoms with Crippen LogP contribution in [0.2, 0.25) is 0 Å². The Morgan fingerprint density at radius 2 is 1.84 bits per heavy atom. The third-order valence-electron chi connectivity index (χ3n) is 2.98. The first-order valence-electron chi connectivity index (χ1n) is 6.27. The van der Waals surface area contributed by atoms with E-state index >= 15 is 0 Å². The van der Waals surface area contributed by atoms with Crippen LogP contribution in [0.5, 0.6) is 0 Å². The van der Waals surface area contributed by atoms with Crippen molar-refractivity contribution in [1.82, 2.24) is 0 Å². The Bertz CT molecular complexity index is 531. The molecule has 1 aromatic heterocycles. The minimum absolute atomic E-state index is 0.333. The van der Waals surface area contributed by atoms with Crippen molar-refractivity contribution < 1.29 is 14.5 Å². The van der Waals surface area contributed by atoms with E-state index in [9.17, 15) is 10.0 Å². The van der Waals surface area contributed by atoms with Crippen LogP contribution in [0.1, 0.15) is 36.5 Å². The van der Waals surface area contributed by atoms with E-state index in [2.05, 4.69) is 13.8 Å². The van der Waals surface area contributed by atoms with Crippen LogP contribution < -0.4 is 5.46 Å². The molecule has 2 N–H and O–H groups in total. The van der Waals surface area contributed by atoms with Gasteiger partial charge in [0.2, 0.25) is 0 Å². The Hall–Kier alpha value is -1.78. The average molecular weight is 256 g/mol. The summed E-state index contributed by atoms with van der Waals surface area (Å²) in [6.07, 6.45) is 7.14. The highest BCUT2D eigenvalue weighted by Gasteiger charge is 2.13. The Balaban J connectivity index is 2.33. The van der Waals surface area contributed by atoms with Gasteiger partial charge in [0, 0.05) is 5.56 Å². The molecule has 98 valence electrons. The molecular formula is C15H17BO3. The first-order chi connectivity index (χ1) is 9.06. The van der Waals surface area contributed by atoms with Gasteiger partial charge in [-0.15, -0.1) is 0 Å². The van der Waals surface area contributed by atoms with Gasteiger partial charge >= 0.3 is 7.12 Å². The summed E-state index contributed by atoms with van der Waals surface area (Å²) in [6, 6.07) is 7.51. The van der Waals surface area contributed by atoms with Gasteiger partial charge in [-0.25, -0.2) is 0 Å². The first kappa shape index (κ1) is 13.7. The van der Waals surface area contributed by atoms with Gasteiger partial charge in [-0.05, 0) is 28.6 Å². The molecule has 0 aliphatic carbocycles. The zero-order valence-corrected chi connectivity index (χ0v) is 11.1. The summed E-state index contributed by atoms with van der Waals surface area (Å²) < 4.78 is 5.00. The molecule has 0 atom stereocenters. The lowest BCUT2D eigenvalue weighted by atomic mass is 9.77. The van der Waals surface area contributed by atoms with Crippen LogP contribution >= 0.6 is 0 Å². The maximum atomic E-state index is 9.32. The molecular weight excluding hydrogens is 239 g/mol. The van der Waals surface area contributed by atoms with Gasteiger partial charge in [0.25, 0.3) is 0 Å². The SMILES string of the molecule is CC(C)c1cc(/C=C/c2ccoc2)cc(B(O)O)c1. The molecule has 0 bridgehead atoms. The highest BCUT2D eigenvalue weighted by atomic mass is 16.4. The van der Waals surface area contributed by atoms with E-state index in [1.165, 1.54) is 0 Å². The van der Waals surface area contributed by atoms with Gasteiger partial charge in [-0.2, -0.15) is 0 Å². The predicted octanol–water partition coefficient (Wildman–Crippen LogP) is 2.25. The van der Waals surface area contributed by atoms with Crippen LogP contribution in [0.15, 0.2) is 41.2 Å². The summed E-state index contributed by atoms with van der Waals surface area (Å²) in [5, 5.41) is 18.6. The molecule has 0 aliphatic heterocycles. The topological polar surface area (TPSA) is 53.6 Å². The summed E-state index contributed by atoms with van der Waals surface area (Å²) in [4.78, 5) is 0. The van der Waals surface area contributed by atoms with Gasteiger partial charge in [-0.3, -0.25) is 0 Å². The van der Waals surface area contributed by atoms with Gasteiger partial charge in [-0.1, -0.05) is 44.2 Å². The Labute approximate surface area is 113 Å². The molecule has 0 amide bonds. The second-order valence-electron chi connectivity index (χ2n) is 4.85. The summed E-state index contributed by atoms with van der Waals surface area (Å²) in [7, 11) is -1.44. The second kappa shape index (κ2) is 5.91. The normalized spacial score (nSPS) is 11.4. The fraction of sp³-hybridized carbons (Fsp3) is 0.200. The quantitative estimate of drug-likeness (QED) is 0.825. The lowest BCUT2D eigenvalue weighted by molar-refractivity contribution is 0.425. The van der Waals surface area contributed by atoms with Crippen LogP contribution in [0.4, 0.5) is 0 Å². The predicted molar refractivity (Wildman–Crippen MR) is 78.0 cm³/mol. The molecule has 0 spiro atoms. The standard InChI is InChI=1S/C15H17BO3/c1-11(2)14-7-13(8-15(9-14)16(17)18)4-3-12-5-6-19-10-12/h3-11,17-18H,1-2H3/b4-3+. The van der Waals surface area contributed by atoms with Crippen molar-refractivity contribution in [2.75, 3.05) is 0 Å². The number of furan rings is 1. The van der Waals surface area contributed by atoms with Crippen molar-refractivity contribution in [2.45, 2.75) is 19.8 Å². The molecule has 0 saturated heterocycles. The smallest absolute Gasteiger partial charge is 0.472 e. The van der Waals surface area contributed by atoms with Crippen LogP contribution in [0, 0.1) is 0 Å². The van der Waals surface area contributed by atoms with Crippen molar-refractivity contribution in [1.29, 1.82) is 0 Å². The van der Waals surface area contributed by atoms with Gasteiger partial charge in [0.1, 0.15) is 0 Å². The summed E-state index contributed by atoms with van der Waals surface area (Å²) in [6.45, 7) is 4.15. The Morgan fingerprint density at radius 3 is 2.42 bits per heavy atom. The number of benzene rings is 1. The van der Waals surface area contributed by atoms with E-state index in [0.29, 0.717) is 11.4 Å². The summed E-state index contributed by atoms with van der Waals surface area (Å²) >= 11 is 0. The average Bonchev–Trinajstić information content (AvgIpc) is 2.89. The van der Waals surface area contributed by atoms with Crippen LogP contribution in [0.3, 0.4) is 0 Å². The third kappa shape index (κ3) is 3.59. The van der Waals surface area contributed by atoms with E-state index in [1.807, 2.05) is 30.4 Å². The van der Waals surface area contributed by atoms with Crippen LogP contribution in [0.25, 0.3) is 12.2 Å². The zero-order chi connectivity index (χ0) is 13.8. The van der Waals surface area contributed by atoms with Crippen LogP contribution in [-0.2, 0) is 0 Å². The van der Waals surface area contributed by atoms with Crippen LogP contribution in [-0.4, -0.2) is 17.2 Å². The molecule has 1 heterocycles. The number of hydrogen-bond acceptors (Lipinski definition) is 3. The first-order valence-corrected chi connectivity index (χ1v) is 6.27. The minimum atomic E-state index is -1.44. The molecule has 0 unspecified atom stereocenters. The molecule has 2 aromatic rings. The molecule has 0 saturated carbocycles. The van der Waals surface area contributed by atoms with E-state index < -0.39 is 7.12 Å². The maximum Gasteiger partial charge on any atom is 0.488 e. The zero-order valence-electron chi connectivity index (χ0n) is 11.1. The molecule has 0 aliphatic rings. The third-order valence-corrected chi connectivity index (χ3v) is 2.98. The largest absolute Gasteiger partial charge is 0.488 e. The van der Waals surface area contributed by atoms with Crippen molar-refractivity contribution in [3.8, 4) is 0 Å². The second-order valence-corrected chi connectivity index (χ2v) is 4.85. The monoisotopic (exact) mass is 256 g/mol. The van der Waals surface area contributed by atoms with Crippen molar-refractivity contribution in [2.24, 2.45) is 0 Å². The fourth-order valence-electron chi connectivity index (χ4n) is 1.84. The summed E-state index contributed by atoms with van der Waals surface area (Å²) in [5.74, 6) is 0.333. The van der Waals surface area contributed by atoms with Gasteiger partial charge in [0.05, 0.1) is 12.5 Å². The molecule has 4 heteroatoms. The van der Waals surface area contributed by atoms with Gasteiger partial charge in [0.15, 0.2) is 0 Å².